The number of halogens is 4. The van der Waals surface area contributed by atoms with Crippen molar-refractivity contribution in [1.29, 1.82) is 0 Å². The number of amides is 1. The fourth-order valence-corrected chi connectivity index (χ4v) is 3.48. The lowest BCUT2D eigenvalue weighted by Gasteiger charge is -2.06. The van der Waals surface area contributed by atoms with Crippen molar-refractivity contribution in [3.05, 3.63) is 88.8 Å². The van der Waals surface area contributed by atoms with Gasteiger partial charge in [-0.25, -0.2) is 19.5 Å². The van der Waals surface area contributed by atoms with E-state index in [2.05, 4.69) is 20.6 Å². The number of carbonyl (C=O) groups is 1. The van der Waals surface area contributed by atoms with Gasteiger partial charge in [-0.3, -0.25) is 4.79 Å². The maximum Gasteiger partial charge on any atom is 0.433 e. The molecule has 0 bridgehead atoms. The van der Waals surface area contributed by atoms with Gasteiger partial charge in [-0.1, -0.05) is 42.5 Å². The van der Waals surface area contributed by atoms with Crippen molar-refractivity contribution in [3.63, 3.8) is 0 Å². The summed E-state index contributed by atoms with van der Waals surface area (Å²) in [7, 11) is 0. The molecule has 1 N–H and O–H groups in total. The molecule has 11 heteroatoms. The molecule has 4 rings (SSSR count). The van der Waals surface area contributed by atoms with Crippen LogP contribution in [0.25, 0.3) is 16.4 Å². The molecule has 2 aromatic heterocycles. The van der Waals surface area contributed by atoms with Crippen molar-refractivity contribution < 1.29 is 22.4 Å². The molecule has 32 heavy (non-hydrogen) atoms. The number of rotatable bonds is 5. The summed E-state index contributed by atoms with van der Waals surface area (Å²) >= 11 is 0.836. The number of hydrogen-bond donors (Lipinski definition) is 1. The van der Waals surface area contributed by atoms with Crippen LogP contribution in [0.1, 0.15) is 21.7 Å². The molecule has 1 amide bonds. The van der Waals surface area contributed by atoms with E-state index in [1.54, 1.807) is 30.3 Å². The zero-order valence-electron chi connectivity index (χ0n) is 16.0. The van der Waals surface area contributed by atoms with Crippen molar-refractivity contribution >= 4 is 23.5 Å². The van der Waals surface area contributed by atoms with Crippen LogP contribution in [0.3, 0.4) is 0 Å². The molecule has 0 unspecified atom stereocenters. The van der Waals surface area contributed by atoms with Crippen LogP contribution in [-0.2, 0) is 6.18 Å². The number of hydrazone groups is 1. The number of carbonyl (C=O) groups excluding carboxylic acids is 1. The van der Waals surface area contributed by atoms with Crippen LogP contribution in [0.4, 0.5) is 17.6 Å². The molecule has 0 saturated heterocycles. The summed E-state index contributed by atoms with van der Waals surface area (Å²) in [4.78, 5) is 16.2. The lowest BCUT2D eigenvalue weighted by Crippen LogP contribution is -2.18. The molecule has 0 atom stereocenters. The molecule has 0 aliphatic carbocycles. The maximum absolute atomic E-state index is 13.6. The first kappa shape index (κ1) is 21.4. The van der Waals surface area contributed by atoms with E-state index in [9.17, 15) is 22.4 Å². The molecule has 0 saturated carbocycles. The average Bonchev–Trinajstić information content (AvgIpc) is 3.43. The highest BCUT2D eigenvalue weighted by Crippen LogP contribution is 2.34. The van der Waals surface area contributed by atoms with Crippen molar-refractivity contribution in [1.82, 2.24) is 20.2 Å². The van der Waals surface area contributed by atoms with Crippen molar-refractivity contribution in [2.75, 3.05) is 0 Å². The van der Waals surface area contributed by atoms with Gasteiger partial charge in [0.2, 0.25) is 5.13 Å². The van der Waals surface area contributed by atoms with E-state index in [0.29, 0.717) is 15.8 Å². The summed E-state index contributed by atoms with van der Waals surface area (Å²) < 4.78 is 54.3. The number of alkyl halides is 3. The van der Waals surface area contributed by atoms with Gasteiger partial charge >= 0.3 is 6.18 Å². The molecule has 0 aliphatic rings. The molecule has 2 aromatic carbocycles. The molecule has 4 aromatic rings. The average molecular weight is 459 g/mol. The van der Waals surface area contributed by atoms with Gasteiger partial charge in [0, 0.05) is 10.9 Å². The first-order valence-corrected chi connectivity index (χ1v) is 9.97. The van der Waals surface area contributed by atoms with E-state index >= 15 is 0 Å². The highest BCUT2D eigenvalue weighted by Gasteiger charge is 2.37. The van der Waals surface area contributed by atoms with E-state index in [1.165, 1.54) is 35.9 Å². The first-order chi connectivity index (χ1) is 15.3. The second-order valence-electron chi connectivity index (χ2n) is 6.46. The largest absolute Gasteiger partial charge is 0.433 e. The smallest absolute Gasteiger partial charge is 0.266 e. The van der Waals surface area contributed by atoms with E-state index in [1.807, 2.05) is 0 Å². The lowest BCUT2D eigenvalue weighted by atomic mass is 10.1. The van der Waals surface area contributed by atoms with Crippen molar-refractivity contribution in [2.45, 2.75) is 6.18 Å². The molecular weight excluding hydrogens is 446 g/mol. The quantitative estimate of drug-likeness (QED) is 0.262. The molecule has 0 spiro atoms. The Balaban J connectivity index is 1.56. The summed E-state index contributed by atoms with van der Waals surface area (Å²) in [6, 6.07) is 14.8. The Labute approximate surface area is 182 Å². The van der Waals surface area contributed by atoms with Crippen LogP contribution >= 0.6 is 11.3 Å². The Kier molecular flexibility index (Phi) is 5.82. The van der Waals surface area contributed by atoms with Gasteiger partial charge in [0.15, 0.2) is 5.69 Å². The van der Waals surface area contributed by atoms with E-state index < -0.39 is 23.6 Å². The van der Waals surface area contributed by atoms with Gasteiger partial charge < -0.3 is 0 Å². The van der Waals surface area contributed by atoms with Gasteiger partial charge in [0.05, 0.1) is 11.9 Å². The number of benzene rings is 2. The zero-order valence-corrected chi connectivity index (χ0v) is 16.9. The summed E-state index contributed by atoms with van der Waals surface area (Å²) in [5.74, 6) is -1.12. The molecule has 162 valence electrons. The highest BCUT2D eigenvalue weighted by atomic mass is 32.1. The monoisotopic (exact) mass is 459 g/mol. The number of hydrogen-bond acceptors (Lipinski definition) is 5. The number of nitrogens with one attached hydrogen (secondary N) is 1. The lowest BCUT2D eigenvalue weighted by molar-refractivity contribution is -0.142. The third kappa shape index (κ3) is 4.72. The van der Waals surface area contributed by atoms with Crippen LogP contribution in [0.15, 0.2) is 71.1 Å². The predicted molar refractivity (Wildman–Crippen MR) is 111 cm³/mol. The number of thiazole rings is 1. The molecule has 6 nitrogen and oxygen atoms in total. The minimum atomic E-state index is -4.67. The van der Waals surface area contributed by atoms with Crippen LogP contribution in [-0.4, -0.2) is 26.9 Å². The molecule has 0 aliphatic heterocycles. The Morgan fingerprint density at radius 2 is 1.81 bits per heavy atom. The predicted octanol–water partition coefficient (Wildman–Crippen LogP) is 4.92. The Hall–Kier alpha value is -3.86. The molecule has 0 fully saturated rings. The van der Waals surface area contributed by atoms with Crippen LogP contribution in [0, 0.1) is 5.82 Å². The van der Waals surface area contributed by atoms with Gasteiger partial charge in [-0.05, 0) is 23.8 Å². The molecule has 0 radical (unpaired) electrons. The summed E-state index contributed by atoms with van der Waals surface area (Å²) in [5.41, 5.74) is 2.29. The van der Waals surface area contributed by atoms with Gasteiger partial charge in [0.25, 0.3) is 5.91 Å². The number of nitrogens with zero attached hydrogens (tertiary/aromatic N) is 4. The van der Waals surface area contributed by atoms with Crippen LogP contribution < -0.4 is 5.43 Å². The summed E-state index contributed by atoms with van der Waals surface area (Å²) in [5, 5.41) is 8.99. The minimum Gasteiger partial charge on any atom is -0.266 e. The Morgan fingerprint density at radius 3 is 2.50 bits per heavy atom. The SMILES string of the molecule is O=C(NN=Cc1ccc(F)cc1)c1csc(-n2nc(-c3ccccc3)cc2C(F)(F)F)n1. The summed E-state index contributed by atoms with van der Waals surface area (Å²) in [6.45, 7) is 0. The van der Waals surface area contributed by atoms with E-state index in [4.69, 9.17) is 0 Å². The van der Waals surface area contributed by atoms with Gasteiger partial charge in [-0.2, -0.15) is 23.4 Å². The maximum atomic E-state index is 13.6. The standard InChI is InChI=1S/C21H13F4N5OS/c22-15-8-6-13(7-9-15)11-26-28-19(31)17-12-32-20(27-17)30-18(21(23,24)25)10-16(29-30)14-4-2-1-3-5-14/h1-12H,(H,28,31). The normalized spacial score (nSPS) is 11.8. The van der Waals surface area contributed by atoms with E-state index in [-0.39, 0.29) is 16.5 Å². The zero-order chi connectivity index (χ0) is 22.7. The van der Waals surface area contributed by atoms with Crippen molar-refractivity contribution in [2.24, 2.45) is 5.10 Å². The fourth-order valence-electron chi connectivity index (χ4n) is 2.72. The number of aromatic nitrogens is 3. The Morgan fingerprint density at radius 1 is 1.09 bits per heavy atom. The summed E-state index contributed by atoms with van der Waals surface area (Å²) in [6.07, 6.45) is -3.38. The van der Waals surface area contributed by atoms with Gasteiger partial charge in [-0.15, -0.1) is 11.3 Å². The highest BCUT2D eigenvalue weighted by molar-refractivity contribution is 7.12. The van der Waals surface area contributed by atoms with Crippen molar-refractivity contribution in [3.8, 4) is 16.4 Å². The molecular formula is C21H13F4N5OS. The fraction of sp³-hybridized carbons (Fsp3) is 0.0476. The van der Waals surface area contributed by atoms with Crippen LogP contribution in [0.2, 0.25) is 0 Å². The second kappa shape index (κ2) is 8.71. The minimum absolute atomic E-state index is 0.118. The third-order valence-corrected chi connectivity index (χ3v) is 5.04. The first-order valence-electron chi connectivity index (χ1n) is 9.09. The topological polar surface area (TPSA) is 72.2 Å². The van der Waals surface area contributed by atoms with E-state index in [0.717, 1.165) is 17.4 Å². The molecule has 2 heterocycles. The Bertz CT molecular complexity index is 1260. The van der Waals surface area contributed by atoms with Crippen LogP contribution in [0.5, 0.6) is 0 Å². The second-order valence-corrected chi connectivity index (χ2v) is 7.29. The third-order valence-electron chi connectivity index (χ3n) is 4.22. The van der Waals surface area contributed by atoms with Gasteiger partial charge in [0.1, 0.15) is 11.5 Å².